The summed E-state index contributed by atoms with van der Waals surface area (Å²) in [5.41, 5.74) is 0. The summed E-state index contributed by atoms with van der Waals surface area (Å²) in [5, 5.41) is 0. The summed E-state index contributed by atoms with van der Waals surface area (Å²) in [7, 11) is 0. The standard InChI is InChI=1S/3C4H8O/c3*1-2-3-4-5/h3*4H,2-3H2,1H3. The van der Waals surface area contributed by atoms with E-state index < -0.39 is 0 Å². The zero-order valence-electron chi connectivity index (χ0n) is 10.2. The van der Waals surface area contributed by atoms with Crippen molar-refractivity contribution >= 4 is 18.9 Å². The first kappa shape index (κ1) is 19.6. The second-order valence-electron chi connectivity index (χ2n) is 2.87. The summed E-state index contributed by atoms with van der Waals surface area (Å²) in [6.07, 6.45) is 7.84. The highest BCUT2D eigenvalue weighted by Gasteiger charge is 1.67. The Bertz CT molecular complexity index is 98.3. The van der Waals surface area contributed by atoms with Gasteiger partial charge < -0.3 is 14.4 Å². The monoisotopic (exact) mass is 216 g/mol. The predicted molar refractivity (Wildman–Crippen MR) is 62.9 cm³/mol. The largest absolute Gasteiger partial charge is 0.303 e. The van der Waals surface area contributed by atoms with Crippen molar-refractivity contribution in [2.75, 3.05) is 0 Å². The van der Waals surface area contributed by atoms with Crippen LogP contribution in [0.3, 0.4) is 0 Å². The first-order valence-electron chi connectivity index (χ1n) is 5.55. The molecule has 0 aliphatic carbocycles. The molecule has 0 N–H and O–H groups in total. The highest BCUT2D eigenvalue weighted by molar-refractivity contribution is 5.49. The number of rotatable bonds is 6. The van der Waals surface area contributed by atoms with Gasteiger partial charge in [0.1, 0.15) is 18.9 Å². The van der Waals surface area contributed by atoms with Crippen LogP contribution in [0, 0.1) is 0 Å². The third-order valence-electron chi connectivity index (χ3n) is 1.22. The van der Waals surface area contributed by atoms with Crippen LogP contribution < -0.4 is 0 Å². The van der Waals surface area contributed by atoms with E-state index in [2.05, 4.69) is 0 Å². The minimum atomic E-state index is 0.708. The van der Waals surface area contributed by atoms with E-state index in [9.17, 15) is 14.4 Å². The van der Waals surface area contributed by atoms with E-state index in [1.165, 1.54) is 0 Å². The van der Waals surface area contributed by atoms with Crippen molar-refractivity contribution in [1.29, 1.82) is 0 Å². The molecule has 0 rings (SSSR count). The van der Waals surface area contributed by atoms with E-state index >= 15 is 0 Å². The average molecular weight is 216 g/mol. The molecule has 0 aromatic carbocycles. The Kier molecular flexibility index (Phi) is 38.1. The lowest BCUT2D eigenvalue weighted by molar-refractivity contribution is -0.108. The third kappa shape index (κ3) is 62.8. The molecular formula is C12H24O3. The van der Waals surface area contributed by atoms with Crippen LogP contribution in [0.25, 0.3) is 0 Å². The maximum absolute atomic E-state index is 9.40. The molecule has 3 nitrogen and oxygen atoms in total. The van der Waals surface area contributed by atoms with Crippen LogP contribution in [0.5, 0.6) is 0 Å². The number of hydrogen-bond donors (Lipinski definition) is 0. The molecule has 0 amide bonds. The quantitative estimate of drug-likeness (QED) is 0.641. The maximum atomic E-state index is 9.40. The molecule has 0 radical (unpaired) electrons. The molecule has 0 heterocycles. The molecule has 0 aliphatic heterocycles. The molecule has 0 spiro atoms. The Balaban J connectivity index is -0.000000144. The minimum Gasteiger partial charge on any atom is -0.303 e. The van der Waals surface area contributed by atoms with Gasteiger partial charge in [0.15, 0.2) is 0 Å². The lowest BCUT2D eigenvalue weighted by atomic mass is 10.4. The highest BCUT2D eigenvalue weighted by atomic mass is 16.1. The molecule has 90 valence electrons. The molecule has 0 saturated carbocycles. The lowest BCUT2D eigenvalue weighted by Gasteiger charge is -1.68. The Morgan fingerprint density at radius 3 is 0.800 bits per heavy atom. The number of unbranched alkanes of at least 4 members (excludes halogenated alkanes) is 3. The summed E-state index contributed by atoms with van der Waals surface area (Å²) < 4.78 is 0. The first-order valence-corrected chi connectivity index (χ1v) is 5.55. The van der Waals surface area contributed by atoms with Crippen LogP contribution in [0.2, 0.25) is 0 Å². The number of hydrogen-bond acceptors (Lipinski definition) is 3. The SMILES string of the molecule is CCCC=O.CCCC=O.CCCC=O. The van der Waals surface area contributed by atoms with Gasteiger partial charge in [-0.25, -0.2) is 0 Å². The molecular weight excluding hydrogens is 192 g/mol. The van der Waals surface area contributed by atoms with Crippen LogP contribution >= 0.6 is 0 Å². The number of carbonyl (C=O) groups excluding carboxylic acids is 3. The summed E-state index contributed by atoms with van der Waals surface area (Å²) >= 11 is 0. The normalized spacial score (nSPS) is 7.40. The van der Waals surface area contributed by atoms with Gasteiger partial charge in [0.05, 0.1) is 0 Å². The Hall–Kier alpha value is -0.990. The summed E-state index contributed by atoms with van der Waals surface area (Å²) in [6, 6.07) is 0. The molecule has 0 unspecified atom stereocenters. The van der Waals surface area contributed by atoms with Gasteiger partial charge >= 0.3 is 0 Å². The second kappa shape index (κ2) is 29.2. The van der Waals surface area contributed by atoms with Crippen LogP contribution in [0.4, 0.5) is 0 Å². The topological polar surface area (TPSA) is 51.2 Å². The molecule has 0 aliphatic rings. The summed E-state index contributed by atoms with van der Waals surface area (Å²) in [6.45, 7) is 5.94. The number of carbonyl (C=O) groups is 3. The van der Waals surface area contributed by atoms with E-state index in [-0.39, 0.29) is 0 Å². The fourth-order valence-corrected chi connectivity index (χ4v) is 0.354. The van der Waals surface area contributed by atoms with Gasteiger partial charge in [0.25, 0.3) is 0 Å². The fourth-order valence-electron chi connectivity index (χ4n) is 0.354. The van der Waals surface area contributed by atoms with Crippen LogP contribution in [0.15, 0.2) is 0 Å². The van der Waals surface area contributed by atoms with Crippen molar-refractivity contribution in [2.24, 2.45) is 0 Å². The van der Waals surface area contributed by atoms with E-state index in [1.807, 2.05) is 20.8 Å². The van der Waals surface area contributed by atoms with Gasteiger partial charge in [-0.15, -0.1) is 0 Å². The maximum Gasteiger partial charge on any atom is 0.119 e. The Morgan fingerprint density at radius 2 is 0.800 bits per heavy atom. The molecule has 0 atom stereocenters. The van der Waals surface area contributed by atoms with Crippen molar-refractivity contribution in [3.8, 4) is 0 Å². The van der Waals surface area contributed by atoms with Crippen LogP contribution in [0.1, 0.15) is 59.3 Å². The van der Waals surface area contributed by atoms with Crippen molar-refractivity contribution in [1.82, 2.24) is 0 Å². The van der Waals surface area contributed by atoms with Gasteiger partial charge in [0.2, 0.25) is 0 Å². The Morgan fingerprint density at radius 1 is 0.600 bits per heavy atom. The summed E-state index contributed by atoms with van der Waals surface area (Å²) in [4.78, 5) is 28.2. The van der Waals surface area contributed by atoms with Gasteiger partial charge in [-0.2, -0.15) is 0 Å². The third-order valence-corrected chi connectivity index (χ3v) is 1.22. The van der Waals surface area contributed by atoms with Crippen molar-refractivity contribution < 1.29 is 14.4 Å². The van der Waals surface area contributed by atoms with E-state index in [0.29, 0.717) is 19.3 Å². The van der Waals surface area contributed by atoms with Gasteiger partial charge in [-0.3, -0.25) is 0 Å². The zero-order valence-corrected chi connectivity index (χ0v) is 10.2. The van der Waals surface area contributed by atoms with Crippen molar-refractivity contribution in [2.45, 2.75) is 59.3 Å². The predicted octanol–water partition coefficient (Wildman–Crippen LogP) is 2.96. The number of aldehydes is 3. The van der Waals surface area contributed by atoms with Crippen LogP contribution in [-0.2, 0) is 14.4 Å². The smallest absolute Gasteiger partial charge is 0.119 e. The van der Waals surface area contributed by atoms with Gasteiger partial charge in [0, 0.05) is 19.3 Å². The molecule has 0 bridgehead atoms. The average Bonchev–Trinajstić information content (AvgIpc) is 2.23. The first-order chi connectivity index (χ1) is 7.24. The van der Waals surface area contributed by atoms with E-state index in [0.717, 1.165) is 38.1 Å². The van der Waals surface area contributed by atoms with Gasteiger partial charge in [-0.1, -0.05) is 20.8 Å². The fraction of sp³-hybridized carbons (Fsp3) is 0.750. The minimum absolute atomic E-state index is 0.708. The molecule has 0 saturated heterocycles. The van der Waals surface area contributed by atoms with Crippen molar-refractivity contribution in [3.63, 3.8) is 0 Å². The zero-order chi connectivity index (χ0) is 12.4. The second-order valence-corrected chi connectivity index (χ2v) is 2.87. The van der Waals surface area contributed by atoms with Crippen molar-refractivity contribution in [3.05, 3.63) is 0 Å². The van der Waals surface area contributed by atoms with E-state index in [4.69, 9.17) is 0 Å². The lowest BCUT2D eigenvalue weighted by Crippen LogP contribution is -1.64. The molecule has 0 fully saturated rings. The molecule has 0 aromatic rings. The highest BCUT2D eigenvalue weighted by Crippen LogP contribution is 1.75. The van der Waals surface area contributed by atoms with E-state index in [1.54, 1.807) is 0 Å². The summed E-state index contributed by atoms with van der Waals surface area (Å²) in [5.74, 6) is 0. The molecule has 0 aromatic heterocycles. The van der Waals surface area contributed by atoms with Crippen LogP contribution in [-0.4, -0.2) is 18.9 Å². The van der Waals surface area contributed by atoms with Gasteiger partial charge in [-0.05, 0) is 19.3 Å². The molecule has 15 heavy (non-hydrogen) atoms. The Labute approximate surface area is 93.2 Å². The molecule has 3 heteroatoms.